The summed E-state index contributed by atoms with van der Waals surface area (Å²) in [7, 11) is 0. The van der Waals surface area contributed by atoms with Crippen LogP contribution in [0.2, 0.25) is 0 Å². The second-order valence-electron chi connectivity index (χ2n) is 4.69. The summed E-state index contributed by atoms with van der Waals surface area (Å²) in [6.45, 7) is 4.17. The largest absolute Gasteiger partial charge is 0.490 e. The minimum absolute atomic E-state index is 0.0448. The molecule has 2 rings (SSSR count). The van der Waals surface area contributed by atoms with Gasteiger partial charge in [-0.2, -0.15) is 0 Å². The summed E-state index contributed by atoms with van der Waals surface area (Å²) < 4.78 is 6.72. The summed E-state index contributed by atoms with van der Waals surface area (Å²) in [5, 5.41) is 10.8. The van der Waals surface area contributed by atoms with Crippen molar-refractivity contribution in [3.63, 3.8) is 0 Å². The van der Waals surface area contributed by atoms with Gasteiger partial charge in [0.25, 0.3) is 0 Å². The molecule has 0 spiro atoms. The number of aromatic nitrogens is 1. The number of aliphatic hydroxyl groups is 1. The molecule has 1 unspecified atom stereocenters. The lowest BCUT2D eigenvalue weighted by Crippen LogP contribution is -2.37. The molecule has 0 amide bonds. The van der Waals surface area contributed by atoms with Crippen molar-refractivity contribution >= 4 is 27.3 Å². The van der Waals surface area contributed by atoms with Gasteiger partial charge in [0, 0.05) is 10.7 Å². The Balaban J connectivity index is 2.12. The van der Waals surface area contributed by atoms with Crippen LogP contribution < -0.4 is 4.74 Å². The molecule has 19 heavy (non-hydrogen) atoms. The first kappa shape index (κ1) is 14.5. The molecule has 1 heterocycles. The first-order valence-electron chi connectivity index (χ1n) is 6.02. The highest BCUT2D eigenvalue weighted by Gasteiger charge is 2.35. The van der Waals surface area contributed by atoms with Crippen LogP contribution in [0.3, 0.4) is 0 Å². The van der Waals surface area contributed by atoms with E-state index in [0.717, 1.165) is 15.1 Å². The van der Waals surface area contributed by atoms with Gasteiger partial charge in [0.15, 0.2) is 0 Å². The number of thiazole rings is 1. The van der Waals surface area contributed by atoms with Crippen molar-refractivity contribution in [2.75, 3.05) is 6.61 Å². The molecule has 0 aliphatic carbocycles. The van der Waals surface area contributed by atoms with Crippen molar-refractivity contribution in [1.29, 1.82) is 0 Å². The second-order valence-corrected chi connectivity index (χ2v) is 6.49. The van der Waals surface area contributed by atoms with Gasteiger partial charge in [0.2, 0.25) is 0 Å². The van der Waals surface area contributed by atoms with Crippen molar-refractivity contribution in [2.24, 2.45) is 5.92 Å². The molecule has 1 atom stereocenters. The maximum atomic E-state index is 10.8. The van der Waals surface area contributed by atoms with E-state index in [1.165, 1.54) is 11.3 Å². The molecule has 0 aliphatic rings. The smallest absolute Gasteiger partial charge is 0.136 e. The number of ether oxygens (including phenoxy) is 1. The van der Waals surface area contributed by atoms with E-state index in [1.807, 2.05) is 38.1 Å². The van der Waals surface area contributed by atoms with Gasteiger partial charge in [-0.05, 0) is 30.2 Å². The first-order valence-corrected chi connectivity index (χ1v) is 7.69. The molecule has 0 saturated heterocycles. The molecule has 1 aromatic heterocycles. The average molecular weight is 342 g/mol. The lowest BCUT2D eigenvalue weighted by Gasteiger charge is -2.30. The Labute approximate surface area is 125 Å². The van der Waals surface area contributed by atoms with Crippen LogP contribution in [0.15, 0.2) is 40.4 Å². The average Bonchev–Trinajstić information content (AvgIpc) is 2.92. The van der Waals surface area contributed by atoms with Gasteiger partial charge < -0.3 is 9.84 Å². The van der Waals surface area contributed by atoms with Crippen LogP contribution >= 0.6 is 27.3 Å². The molecule has 102 valence electrons. The summed E-state index contributed by atoms with van der Waals surface area (Å²) in [6.07, 6.45) is 1.70. The van der Waals surface area contributed by atoms with Crippen molar-refractivity contribution in [1.82, 2.24) is 4.98 Å². The van der Waals surface area contributed by atoms with Gasteiger partial charge in [-0.1, -0.05) is 29.8 Å². The molecule has 0 saturated carbocycles. The van der Waals surface area contributed by atoms with Gasteiger partial charge in [0.1, 0.15) is 18.0 Å². The van der Waals surface area contributed by atoms with E-state index < -0.39 is 5.60 Å². The Bertz CT molecular complexity index is 513. The molecular formula is C14H16BrNO2S. The van der Waals surface area contributed by atoms with Crippen LogP contribution in [0, 0.1) is 5.92 Å². The fourth-order valence-corrected chi connectivity index (χ4v) is 2.80. The molecule has 0 bridgehead atoms. The van der Waals surface area contributed by atoms with E-state index in [0.29, 0.717) is 0 Å². The van der Waals surface area contributed by atoms with Gasteiger partial charge in [-0.15, -0.1) is 11.3 Å². The quantitative estimate of drug-likeness (QED) is 0.898. The molecule has 5 heteroatoms. The predicted molar refractivity (Wildman–Crippen MR) is 80.5 cm³/mol. The number of hydrogen-bond donors (Lipinski definition) is 1. The Morgan fingerprint density at radius 2 is 2.05 bits per heavy atom. The summed E-state index contributed by atoms with van der Waals surface area (Å²) in [5.74, 6) is 0.787. The first-order chi connectivity index (χ1) is 9.02. The topological polar surface area (TPSA) is 42.4 Å². The second kappa shape index (κ2) is 6.03. The SMILES string of the molecule is CC(C)C(O)(COc1ccc(Br)cc1)c1cncs1. The molecule has 0 radical (unpaired) electrons. The van der Waals surface area contributed by atoms with Crippen LogP contribution in [0.1, 0.15) is 18.7 Å². The van der Waals surface area contributed by atoms with Crippen LogP contribution in [-0.2, 0) is 5.60 Å². The third-order valence-corrected chi connectivity index (χ3v) is 4.56. The zero-order valence-electron chi connectivity index (χ0n) is 10.8. The van der Waals surface area contributed by atoms with Gasteiger partial charge in [-0.3, -0.25) is 4.98 Å². The van der Waals surface area contributed by atoms with Gasteiger partial charge in [-0.25, -0.2) is 0 Å². The minimum Gasteiger partial charge on any atom is -0.490 e. The monoisotopic (exact) mass is 341 g/mol. The van der Waals surface area contributed by atoms with E-state index in [4.69, 9.17) is 4.74 Å². The molecular weight excluding hydrogens is 326 g/mol. The molecule has 1 N–H and O–H groups in total. The number of benzene rings is 1. The maximum Gasteiger partial charge on any atom is 0.136 e. The fourth-order valence-electron chi connectivity index (χ4n) is 1.68. The summed E-state index contributed by atoms with van der Waals surface area (Å²) in [5.41, 5.74) is 0.719. The summed E-state index contributed by atoms with van der Waals surface area (Å²) in [4.78, 5) is 4.87. The van der Waals surface area contributed by atoms with E-state index in [-0.39, 0.29) is 12.5 Å². The van der Waals surface area contributed by atoms with E-state index in [9.17, 15) is 5.11 Å². The van der Waals surface area contributed by atoms with Crippen molar-refractivity contribution in [3.8, 4) is 5.75 Å². The van der Waals surface area contributed by atoms with Crippen molar-refractivity contribution < 1.29 is 9.84 Å². The Morgan fingerprint density at radius 3 is 2.58 bits per heavy atom. The van der Waals surface area contributed by atoms with Gasteiger partial charge in [0.05, 0.1) is 10.4 Å². The third kappa shape index (κ3) is 3.35. The number of nitrogens with zero attached hydrogens (tertiary/aromatic N) is 1. The Hall–Kier alpha value is -0.910. The van der Waals surface area contributed by atoms with Gasteiger partial charge >= 0.3 is 0 Å². The van der Waals surface area contributed by atoms with E-state index in [1.54, 1.807) is 11.7 Å². The van der Waals surface area contributed by atoms with Crippen LogP contribution in [-0.4, -0.2) is 16.7 Å². The van der Waals surface area contributed by atoms with E-state index >= 15 is 0 Å². The molecule has 1 aromatic carbocycles. The summed E-state index contributed by atoms with van der Waals surface area (Å²) >= 11 is 4.83. The van der Waals surface area contributed by atoms with Crippen LogP contribution in [0.4, 0.5) is 0 Å². The predicted octanol–water partition coefficient (Wildman–Crippen LogP) is 3.83. The maximum absolute atomic E-state index is 10.8. The molecule has 0 aliphatic heterocycles. The highest BCUT2D eigenvalue weighted by Crippen LogP contribution is 2.33. The van der Waals surface area contributed by atoms with Crippen LogP contribution in [0.5, 0.6) is 5.75 Å². The lowest BCUT2D eigenvalue weighted by atomic mass is 9.90. The zero-order chi connectivity index (χ0) is 13.9. The van der Waals surface area contributed by atoms with Crippen molar-refractivity contribution in [3.05, 3.63) is 45.3 Å². The number of hydrogen-bond acceptors (Lipinski definition) is 4. The zero-order valence-corrected chi connectivity index (χ0v) is 13.2. The van der Waals surface area contributed by atoms with Crippen LogP contribution in [0.25, 0.3) is 0 Å². The molecule has 2 aromatic rings. The fraction of sp³-hybridized carbons (Fsp3) is 0.357. The Kier molecular flexibility index (Phi) is 4.60. The van der Waals surface area contributed by atoms with Crippen molar-refractivity contribution in [2.45, 2.75) is 19.4 Å². The minimum atomic E-state index is -1.01. The molecule has 3 nitrogen and oxygen atoms in total. The standard InChI is InChI=1S/C14H16BrNO2S/c1-10(2)14(17,13-7-16-9-19-13)8-18-12-5-3-11(15)4-6-12/h3-7,9-10,17H,8H2,1-2H3. The highest BCUT2D eigenvalue weighted by molar-refractivity contribution is 9.10. The normalized spacial score (nSPS) is 14.4. The lowest BCUT2D eigenvalue weighted by molar-refractivity contribution is -0.0457. The number of rotatable bonds is 5. The Morgan fingerprint density at radius 1 is 1.37 bits per heavy atom. The summed E-state index contributed by atoms with van der Waals surface area (Å²) in [6, 6.07) is 7.57. The van der Waals surface area contributed by atoms with E-state index in [2.05, 4.69) is 20.9 Å². The third-order valence-electron chi connectivity index (χ3n) is 3.09. The highest BCUT2D eigenvalue weighted by atomic mass is 79.9. The molecule has 0 fully saturated rings. The number of halogens is 1.